The minimum Gasteiger partial charge on any atom is -0.345 e. The van der Waals surface area contributed by atoms with Gasteiger partial charge in [0.1, 0.15) is 5.69 Å². The fourth-order valence-corrected chi connectivity index (χ4v) is 1.97. The Morgan fingerprint density at radius 1 is 1.18 bits per heavy atom. The van der Waals surface area contributed by atoms with Crippen LogP contribution in [-0.4, -0.2) is 15.9 Å². The number of carbonyl (C=O) groups is 1. The zero-order chi connectivity index (χ0) is 16.3. The van der Waals surface area contributed by atoms with Crippen LogP contribution in [0.4, 0.5) is 13.2 Å². The summed E-state index contributed by atoms with van der Waals surface area (Å²) in [5, 5.41) is 2.72. The Hall–Kier alpha value is -2.44. The highest BCUT2D eigenvalue weighted by atomic mass is 19.4. The van der Waals surface area contributed by atoms with E-state index in [-0.39, 0.29) is 17.3 Å². The van der Waals surface area contributed by atoms with E-state index in [0.717, 1.165) is 17.7 Å². The molecule has 1 amide bonds. The van der Waals surface area contributed by atoms with Crippen LogP contribution in [0.3, 0.4) is 0 Å². The largest absolute Gasteiger partial charge is 0.433 e. The van der Waals surface area contributed by atoms with Crippen molar-refractivity contribution < 1.29 is 18.0 Å². The lowest BCUT2D eigenvalue weighted by Crippen LogP contribution is -2.27. The van der Waals surface area contributed by atoms with Gasteiger partial charge in [-0.3, -0.25) is 9.78 Å². The van der Waals surface area contributed by atoms with Crippen LogP contribution in [0.1, 0.15) is 40.3 Å². The molecule has 1 unspecified atom stereocenters. The summed E-state index contributed by atoms with van der Waals surface area (Å²) >= 11 is 0. The molecule has 0 spiro atoms. The van der Waals surface area contributed by atoms with Crippen LogP contribution < -0.4 is 5.32 Å². The molecule has 2 rings (SSSR count). The Labute approximate surface area is 125 Å². The molecule has 2 aromatic rings. The average molecular weight is 309 g/mol. The third-order valence-electron chi connectivity index (χ3n) is 3.17. The molecule has 7 heteroatoms. The van der Waals surface area contributed by atoms with Crippen LogP contribution in [-0.2, 0) is 6.18 Å². The predicted molar refractivity (Wildman–Crippen MR) is 74.1 cm³/mol. The Morgan fingerprint density at radius 3 is 2.36 bits per heavy atom. The van der Waals surface area contributed by atoms with Crippen molar-refractivity contribution in [3.63, 3.8) is 0 Å². The van der Waals surface area contributed by atoms with Gasteiger partial charge in [-0.1, -0.05) is 0 Å². The standard InChI is InChI=1S/C15H14F3N3O/c1-9(11-5-7-19-8-6-11)21-14(22)12-3-4-13(15(16,17)18)20-10(12)2/h3-9H,1-2H3,(H,21,22). The van der Waals surface area contributed by atoms with Crippen LogP contribution in [0.25, 0.3) is 0 Å². The van der Waals surface area contributed by atoms with Gasteiger partial charge in [-0.2, -0.15) is 13.2 Å². The van der Waals surface area contributed by atoms with Gasteiger partial charge in [0.25, 0.3) is 5.91 Å². The summed E-state index contributed by atoms with van der Waals surface area (Å²) in [6.07, 6.45) is -1.32. The second kappa shape index (κ2) is 6.13. The lowest BCUT2D eigenvalue weighted by molar-refractivity contribution is -0.141. The van der Waals surface area contributed by atoms with E-state index in [4.69, 9.17) is 0 Å². The van der Waals surface area contributed by atoms with Crippen LogP contribution >= 0.6 is 0 Å². The van der Waals surface area contributed by atoms with E-state index in [1.807, 2.05) is 0 Å². The van der Waals surface area contributed by atoms with Gasteiger partial charge in [0.2, 0.25) is 0 Å². The smallest absolute Gasteiger partial charge is 0.345 e. The number of nitrogens with zero attached hydrogens (tertiary/aromatic N) is 2. The number of carbonyl (C=O) groups excluding carboxylic acids is 1. The Bertz CT molecular complexity index is 671. The highest BCUT2D eigenvalue weighted by molar-refractivity contribution is 5.95. The molecular weight excluding hydrogens is 295 g/mol. The quantitative estimate of drug-likeness (QED) is 0.946. The maximum Gasteiger partial charge on any atom is 0.433 e. The second-order valence-corrected chi connectivity index (χ2v) is 4.80. The summed E-state index contributed by atoms with van der Waals surface area (Å²) in [4.78, 5) is 19.5. The lowest BCUT2D eigenvalue weighted by atomic mass is 10.1. The van der Waals surface area contributed by atoms with E-state index >= 15 is 0 Å². The van der Waals surface area contributed by atoms with E-state index in [1.165, 1.54) is 6.92 Å². The topological polar surface area (TPSA) is 54.9 Å². The number of nitrogens with one attached hydrogen (secondary N) is 1. The van der Waals surface area contributed by atoms with E-state index in [9.17, 15) is 18.0 Å². The lowest BCUT2D eigenvalue weighted by Gasteiger charge is -2.15. The van der Waals surface area contributed by atoms with Gasteiger partial charge >= 0.3 is 6.18 Å². The average Bonchev–Trinajstić information content (AvgIpc) is 2.46. The number of alkyl halides is 3. The fourth-order valence-electron chi connectivity index (χ4n) is 1.97. The van der Waals surface area contributed by atoms with Crippen molar-refractivity contribution in [1.29, 1.82) is 0 Å². The summed E-state index contributed by atoms with van der Waals surface area (Å²) in [7, 11) is 0. The summed E-state index contributed by atoms with van der Waals surface area (Å²) in [5.74, 6) is -0.469. The minimum atomic E-state index is -4.52. The molecule has 116 valence electrons. The molecule has 0 saturated carbocycles. The van der Waals surface area contributed by atoms with E-state index in [0.29, 0.717) is 0 Å². The number of aryl methyl sites for hydroxylation is 1. The van der Waals surface area contributed by atoms with Crippen LogP contribution in [0, 0.1) is 6.92 Å². The molecule has 0 aliphatic heterocycles. The SMILES string of the molecule is Cc1nc(C(F)(F)F)ccc1C(=O)NC(C)c1ccncc1. The maximum atomic E-state index is 12.6. The monoisotopic (exact) mass is 309 g/mol. The van der Waals surface area contributed by atoms with Crippen molar-refractivity contribution in [2.75, 3.05) is 0 Å². The Morgan fingerprint density at radius 2 is 1.82 bits per heavy atom. The molecule has 2 heterocycles. The fraction of sp³-hybridized carbons (Fsp3) is 0.267. The molecule has 0 aliphatic rings. The number of pyridine rings is 2. The van der Waals surface area contributed by atoms with E-state index < -0.39 is 17.8 Å². The zero-order valence-corrected chi connectivity index (χ0v) is 12.0. The number of hydrogen-bond donors (Lipinski definition) is 1. The van der Waals surface area contributed by atoms with Gasteiger partial charge in [0.15, 0.2) is 0 Å². The van der Waals surface area contributed by atoms with Gasteiger partial charge in [-0.05, 0) is 43.7 Å². The molecule has 2 aromatic heterocycles. The zero-order valence-electron chi connectivity index (χ0n) is 12.0. The molecule has 0 aromatic carbocycles. The molecule has 1 atom stereocenters. The van der Waals surface area contributed by atoms with Crippen molar-refractivity contribution in [2.24, 2.45) is 0 Å². The first-order valence-corrected chi connectivity index (χ1v) is 6.54. The Kier molecular flexibility index (Phi) is 4.44. The second-order valence-electron chi connectivity index (χ2n) is 4.80. The summed E-state index contributed by atoms with van der Waals surface area (Å²) < 4.78 is 37.7. The van der Waals surface area contributed by atoms with Crippen molar-refractivity contribution >= 4 is 5.91 Å². The van der Waals surface area contributed by atoms with Gasteiger partial charge in [-0.25, -0.2) is 4.98 Å². The first kappa shape index (κ1) is 15.9. The molecule has 0 aliphatic carbocycles. The van der Waals surface area contributed by atoms with E-state index in [2.05, 4.69) is 15.3 Å². The summed E-state index contributed by atoms with van der Waals surface area (Å²) in [6.45, 7) is 3.15. The highest BCUT2D eigenvalue weighted by Gasteiger charge is 2.33. The van der Waals surface area contributed by atoms with E-state index in [1.54, 1.807) is 31.5 Å². The first-order valence-electron chi connectivity index (χ1n) is 6.54. The predicted octanol–water partition coefficient (Wildman–Crippen LogP) is 3.29. The number of rotatable bonds is 3. The van der Waals surface area contributed by atoms with Crippen LogP contribution in [0.5, 0.6) is 0 Å². The Balaban J connectivity index is 2.17. The normalized spacial score (nSPS) is 12.8. The first-order chi connectivity index (χ1) is 10.3. The van der Waals surface area contributed by atoms with Crippen molar-refractivity contribution in [2.45, 2.75) is 26.1 Å². The molecule has 4 nitrogen and oxygen atoms in total. The van der Waals surface area contributed by atoms with Crippen molar-refractivity contribution in [1.82, 2.24) is 15.3 Å². The maximum absolute atomic E-state index is 12.6. The van der Waals surface area contributed by atoms with Crippen LogP contribution in [0.2, 0.25) is 0 Å². The molecule has 22 heavy (non-hydrogen) atoms. The number of amides is 1. The van der Waals surface area contributed by atoms with Crippen LogP contribution in [0.15, 0.2) is 36.7 Å². The number of hydrogen-bond acceptors (Lipinski definition) is 3. The molecule has 1 N–H and O–H groups in total. The summed E-state index contributed by atoms with van der Waals surface area (Å²) in [5.41, 5.74) is -0.00670. The summed E-state index contributed by atoms with van der Waals surface area (Å²) in [6, 6.07) is 5.15. The third-order valence-corrected chi connectivity index (χ3v) is 3.17. The molecule has 0 saturated heterocycles. The number of halogens is 3. The molecule has 0 radical (unpaired) electrons. The van der Waals surface area contributed by atoms with Gasteiger partial charge in [-0.15, -0.1) is 0 Å². The molecule has 0 fully saturated rings. The molecule has 0 bridgehead atoms. The number of aromatic nitrogens is 2. The van der Waals surface area contributed by atoms with Crippen molar-refractivity contribution in [3.8, 4) is 0 Å². The minimum absolute atomic E-state index is 0.0363. The van der Waals surface area contributed by atoms with Gasteiger partial charge < -0.3 is 5.32 Å². The van der Waals surface area contributed by atoms with Gasteiger partial charge in [0.05, 0.1) is 17.3 Å². The molecular formula is C15H14F3N3O. The van der Waals surface area contributed by atoms with Crippen molar-refractivity contribution in [3.05, 3.63) is 59.2 Å². The highest BCUT2D eigenvalue weighted by Crippen LogP contribution is 2.28. The third kappa shape index (κ3) is 3.60. The van der Waals surface area contributed by atoms with Gasteiger partial charge in [0, 0.05) is 12.4 Å².